The number of carboxylic acid groups (broad SMARTS) is 1. The minimum Gasteiger partial charge on any atom is -0.478 e. The standard InChI is InChI=1S/C8H11N3O2/c1-11-6-7(5-10-11)4-9-3-2-8(12)13/h2-3,5-6,9H,4H2,1H3,(H,12,13)/b3-2+. The van der Waals surface area contributed by atoms with E-state index in [9.17, 15) is 4.79 Å². The van der Waals surface area contributed by atoms with Gasteiger partial charge in [0.1, 0.15) is 0 Å². The summed E-state index contributed by atoms with van der Waals surface area (Å²) in [5.74, 6) is -0.960. The van der Waals surface area contributed by atoms with Crippen molar-refractivity contribution < 1.29 is 9.90 Å². The third-order valence-corrected chi connectivity index (χ3v) is 1.41. The third kappa shape index (κ3) is 3.42. The van der Waals surface area contributed by atoms with E-state index in [1.54, 1.807) is 10.9 Å². The van der Waals surface area contributed by atoms with Crippen molar-refractivity contribution in [1.82, 2.24) is 15.1 Å². The van der Waals surface area contributed by atoms with Crippen molar-refractivity contribution in [3.63, 3.8) is 0 Å². The molecule has 0 spiro atoms. The smallest absolute Gasteiger partial charge is 0.329 e. The van der Waals surface area contributed by atoms with Gasteiger partial charge >= 0.3 is 5.97 Å². The zero-order valence-corrected chi connectivity index (χ0v) is 7.27. The molecule has 0 aliphatic rings. The number of nitrogens with zero attached hydrogens (tertiary/aromatic N) is 2. The molecule has 0 amide bonds. The summed E-state index contributed by atoms with van der Waals surface area (Å²) in [4.78, 5) is 10.1. The quantitative estimate of drug-likeness (QED) is 0.647. The Morgan fingerprint density at radius 2 is 2.62 bits per heavy atom. The molecular formula is C8H11N3O2. The lowest BCUT2D eigenvalue weighted by atomic mass is 10.4. The number of carbonyl (C=O) groups is 1. The lowest BCUT2D eigenvalue weighted by molar-refractivity contribution is -0.131. The zero-order chi connectivity index (χ0) is 9.68. The molecule has 5 nitrogen and oxygen atoms in total. The van der Waals surface area contributed by atoms with Gasteiger partial charge in [0.2, 0.25) is 0 Å². The number of rotatable bonds is 4. The van der Waals surface area contributed by atoms with Gasteiger partial charge in [-0.2, -0.15) is 5.10 Å². The Morgan fingerprint density at radius 1 is 1.85 bits per heavy atom. The summed E-state index contributed by atoms with van der Waals surface area (Å²) in [7, 11) is 1.83. The summed E-state index contributed by atoms with van der Waals surface area (Å²) in [6, 6.07) is 0. The van der Waals surface area contributed by atoms with Crippen molar-refractivity contribution in [2.75, 3.05) is 0 Å². The van der Waals surface area contributed by atoms with Crippen molar-refractivity contribution in [1.29, 1.82) is 0 Å². The van der Waals surface area contributed by atoms with Crippen LogP contribution in [0, 0.1) is 0 Å². The normalized spacial score (nSPS) is 10.5. The van der Waals surface area contributed by atoms with Crippen LogP contribution in [0.3, 0.4) is 0 Å². The molecular weight excluding hydrogens is 170 g/mol. The molecule has 70 valence electrons. The molecule has 0 unspecified atom stereocenters. The molecule has 0 bridgehead atoms. The first kappa shape index (κ1) is 9.31. The molecule has 1 rings (SSSR count). The molecule has 1 heterocycles. The van der Waals surface area contributed by atoms with E-state index in [0.717, 1.165) is 11.6 Å². The van der Waals surface area contributed by atoms with Crippen LogP contribution >= 0.6 is 0 Å². The lowest BCUT2D eigenvalue weighted by Crippen LogP contribution is -2.04. The van der Waals surface area contributed by atoms with Gasteiger partial charge in [-0.15, -0.1) is 0 Å². The average molecular weight is 181 g/mol. The molecule has 0 saturated heterocycles. The second-order valence-electron chi connectivity index (χ2n) is 2.57. The molecule has 2 N–H and O–H groups in total. The van der Waals surface area contributed by atoms with Crippen LogP contribution in [0.2, 0.25) is 0 Å². The highest BCUT2D eigenvalue weighted by atomic mass is 16.4. The third-order valence-electron chi connectivity index (χ3n) is 1.41. The highest BCUT2D eigenvalue weighted by Gasteiger charge is 1.92. The molecule has 5 heteroatoms. The maximum Gasteiger partial charge on any atom is 0.329 e. The Bertz CT molecular complexity index is 317. The number of aromatic nitrogens is 2. The van der Waals surface area contributed by atoms with Crippen LogP contribution in [0.25, 0.3) is 0 Å². The van der Waals surface area contributed by atoms with Gasteiger partial charge in [-0.1, -0.05) is 0 Å². The van der Waals surface area contributed by atoms with E-state index in [4.69, 9.17) is 5.11 Å². The van der Waals surface area contributed by atoms with Gasteiger partial charge in [-0.05, 0) is 0 Å². The number of hydrogen-bond donors (Lipinski definition) is 2. The summed E-state index contributed by atoms with van der Waals surface area (Å²) in [6.07, 6.45) is 6.04. The van der Waals surface area contributed by atoms with Gasteiger partial charge in [-0.25, -0.2) is 4.79 Å². The van der Waals surface area contributed by atoms with Gasteiger partial charge in [0.05, 0.1) is 6.20 Å². The van der Waals surface area contributed by atoms with E-state index >= 15 is 0 Å². The fourth-order valence-electron chi connectivity index (χ4n) is 0.870. The summed E-state index contributed by atoms with van der Waals surface area (Å²) in [5.41, 5.74) is 1.01. The number of aryl methyl sites for hydroxylation is 1. The van der Waals surface area contributed by atoms with E-state index in [1.807, 2.05) is 13.2 Å². The topological polar surface area (TPSA) is 67.2 Å². The lowest BCUT2D eigenvalue weighted by Gasteiger charge is -1.94. The molecule has 13 heavy (non-hydrogen) atoms. The van der Waals surface area contributed by atoms with Gasteiger partial charge < -0.3 is 10.4 Å². The van der Waals surface area contributed by atoms with Gasteiger partial charge in [-0.3, -0.25) is 4.68 Å². The van der Waals surface area contributed by atoms with Crippen LogP contribution in [0.1, 0.15) is 5.56 Å². The molecule has 0 fully saturated rings. The van der Waals surface area contributed by atoms with Crippen molar-refractivity contribution in [3.8, 4) is 0 Å². The fraction of sp³-hybridized carbons (Fsp3) is 0.250. The number of carboxylic acids is 1. The van der Waals surface area contributed by atoms with Crippen LogP contribution in [-0.4, -0.2) is 20.9 Å². The van der Waals surface area contributed by atoms with E-state index in [1.165, 1.54) is 6.20 Å². The SMILES string of the molecule is Cn1cc(CN/C=C/C(=O)O)cn1. The Balaban J connectivity index is 2.31. The van der Waals surface area contributed by atoms with Gasteiger partial charge in [0, 0.05) is 37.6 Å². The summed E-state index contributed by atoms with van der Waals surface area (Å²) in [6.45, 7) is 0.581. The first-order valence-electron chi connectivity index (χ1n) is 3.79. The zero-order valence-electron chi connectivity index (χ0n) is 7.27. The fourth-order valence-corrected chi connectivity index (χ4v) is 0.870. The maximum atomic E-state index is 10.1. The largest absolute Gasteiger partial charge is 0.478 e. The molecule has 0 aromatic carbocycles. The van der Waals surface area contributed by atoms with Crippen LogP contribution in [0.5, 0.6) is 0 Å². The molecule has 0 aliphatic carbocycles. The van der Waals surface area contributed by atoms with Gasteiger partial charge in [0.15, 0.2) is 0 Å². The molecule has 0 atom stereocenters. The van der Waals surface area contributed by atoms with Crippen LogP contribution in [0.15, 0.2) is 24.7 Å². The first-order chi connectivity index (χ1) is 6.18. The molecule has 0 aliphatic heterocycles. The molecule has 0 saturated carbocycles. The highest BCUT2D eigenvalue weighted by molar-refractivity contribution is 5.79. The number of nitrogens with one attached hydrogen (secondary N) is 1. The Morgan fingerprint density at radius 3 is 3.15 bits per heavy atom. The number of aliphatic carboxylic acids is 1. The maximum absolute atomic E-state index is 10.1. The second-order valence-corrected chi connectivity index (χ2v) is 2.57. The predicted octanol–water partition coefficient (Wildman–Crippen LogP) is 0.108. The van der Waals surface area contributed by atoms with E-state index in [0.29, 0.717) is 6.54 Å². The first-order valence-corrected chi connectivity index (χ1v) is 3.79. The Hall–Kier alpha value is -1.78. The molecule has 0 radical (unpaired) electrons. The van der Waals surface area contributed by atoms with Gasteiger partial charge in [0.25, 0.3) is 0 Å². The Kier molecular flexibility index (Phi) is 3.08. The summed E-state index contributed by atoms with van der Waals surface area (Å²) < 4.78 is 1.69. The minimum absolute atomic E-state index is 0.581. The highest BCUT2D eigenvalue weighted by Crippen LogP contribution is 1.94. The summed E-state index contributed by atoms with van der Waals surface area (Å²) in [5, 5.41) is 15.1. The van der Waals surface area contributed by atoms with Crippen molar-refractivity contribution >= 4 is 5.97 Å². The van der Waals surface area contributed by atoms with Crippen LogP contribution < -0.4 is 5.32 Å². The van der Waals surface area contributed by atoms with Crippen molar-refractivity contribution in [2.24, 2.45) is 7.05 Å². The molecule has 1 aromatic heterocycles. The average Bonchev–Trinajstić information content (AvgIpc) is 2.45. The van der Waals surface area contributed by atoms with Crippen LogP contribution in [-0.2, 0) is 18.4 Å². The molecule has 1 aromatic rings. The van der Waals surface area contributed by atoms with Crippen LogP contribution in [0.4, 0.5) is 0 Å². The van der Waals surface area contributed by atoms with Crippen molar-refractivity contribution in [3.05, 3.63) is 30.2 Å². The summed E-state index contributed by atoms with van der Waals surface area (Å²) >= 11 is 0. The van der Waals surface area contributed by atoms with Crippen molar-refractivity contribution in [2.45, 2.75) is 6.54 Å². The Labute approximate surface area is 75.7 Å². The number of hydrogen-bond acceptors (Lipinski definition) is 3. The predicted molar refractivity (Wildman–Crippen MR) is 46.8 cm³/mol. The monoisotopic (exact) mass is 181 g/mol. The minimum atomic E-state index is -0.960. The van der Waals surface area contributed by atoms with E-state index in [2.05, 4.69) is 10.4 Å². The van der Waals surface area contributed by atoms with E-state index < -0.39 is 5.97 Å². The van der Waals surface area contributed by atoms with E-state index in [-0.39, 0.29) is 0 Å². The second kappa shape index (κ2) is 4.30.